The van der Waals surface area contributed by atoms with Gasteiger partial charge in [0.2, 0.25) is 0 Å². The van der Waals surface area contributed by atoms with Gasteiger partial charge >= 0.3 is 0 Å². The van der Waals surface area contributed by atoms with Crippen molar-refractivity contribution in [2.24, 2.45) is 0 Å². The predicted octanol–water partition coefficient (Wildman–Crippen LogP) is 3.43. The third-order valence-electron chi connectivity index (χ3n) is 3.88. The standard InChI is InChI=1S/C19H24N2O2/c1-19(2,15-8-12-17(23-5)13-9-15)20-18(22)14-6-10-16(11-7-14)21(3)4/h6-13H,1-5H3,(H,20,22). The molecule has 0 spiro atoms. The largest absolute Gasteiger partial charge is 0.497 e. The maximum Gasteiger partial charge on any atom is 0.251 e. The van der Waals surface area contributed by atoms with Gasteiger partial charge in [-0.2, -0.15) is 0 Å². The second kappa shape index (κ2) is 6.73. The molecule has 122 valence electrons. The van der Waals surface area contributed by atoms with Gasteiger partial charge in [-0.05, 0) is 55.8 Å². The van der Waals surface area contributed by atoms with Gasteiger partial charge in [0, 0.05) is 25.3 Å². The summed E-state index contributed by atoms with van der Waals surface area (Å²) < 4.78 is 5.17. The highest BCUT2D eigenvalue weighted by Gasteiger charge is 2.23. The van der Waals surface area contributed by atoms with Gasteiger partial charge in [0.15, 0.2) is 0 Å². The van der Waals surface area contributed by atoms with Crippen molar-refractivity contribution in [1.82, 2.24) is 5.32 Å². The molecule has 0 aromatic heterocycles. The topological polar surface area (TPSA) is 41.6 Å². The Morgan fingerprint density at radius 2 is 1.57 bits per heavy atom. The first-order chi connectivity index (χ1) is 10.8. The van der Waals surface area contributed by atoms with E-state index in [1.165, 1.54) is 0 Å². The molecule has 1 N–H and O–H groups in total. The lowest BCUT2D eigenvalue weighted by Gasteiger charge is -2.27. The number of amides is 1. The number of nitrogens with one attached hydrogen (secondary N) is 1. The molecule has 2 aromatic carbocycles. The van der Waals surface area contributed by atoms with Crippen LogP contribution in [0, 0.1) is 0 Å². The number of rotatable bonds is 5. The lowest BCUT2D eigenvalue weighted by molar-refractivity contribution is 0.0912. The van der Waals surface area contributed by atoms with E-state index in [1.54, 1.807) is 7.11 Å². The fraction of sp³-hybridized carbons (Fsp3) is 0.316. The van der Waals surface area contributed by atoms with Gasteiger partial charge in [0.05, 0.1) is 12.6 Å². The summed E-state index contributed by atoms with van der Waals surface area (Å²) in [4.78, 5) is 14.5. The molecule has 0 aliphatic heterocycles. The zero-order valence-electron chi connectivity index (χ0n) is 14.4. The summed E-state index contributed by atoms with van der Waals surface area (Å²) in [5, 5.41) is 3.08. The van der Waals surface area contributed by atoms with Crippen molar-refractivity contribution in [3.8, 4) is 5.75 Å². The minimum Gasteiger partial charge on any atom is -0.497 e. The summed E-state index contributed by atoms with van der Waals surface area (Å²) in [5.41, 5.74) is 2.27. The fourth-order valence-electron chi connectivity index (χ4n) is 2.35. The van der Waals surface area contributed by atoms with Crippen molar-refractivity contribution in [3.05, 3.63) is 59.7 Å². The number of carbonyl (C=O) groups is 1. The number of anilines is 1. The predicted molar refractivity (Wildman–Crippen MR) is 94.3 cm³/mol. The van der Waals surface area contributed by atoms with Crippen molar-refractivity contribution in [2.45, 2.75) is 19.4 Å². The summed E-state index contributed by atoms with van der Waals surface area (Å²) >= 11 is 0. The van der Waals surface area contributed by atoms with Gasteiger partial charge in [-0.25, -0.2) is 0 Å². The highest BCUT2D eigenvalue weighted by Crippen LogP contribution is 2.23. The van der Waals surface area contributed by atoms with Crippen LogP contribution < -0.4 is 15.0 Å². The number of carbonyl (C=O) groups excluding carboxylic acids is 1. The average Bonchev–Trinajstić information content (AvgIpc) is 2.54. The Labute approximate surface area is 138 Å². The Kier molecular flexibility index (Phi) is 4.94. The lowest BCUT2D eigenvalue weighted by atomic mass is 9.93. The van der Waals surface area contributed by atoms with Crippen molar-refractivity contribution in [2.75, 3.05) is 26.1 Å². The van der Waals surface area contributed by atoms with E-state index in [-0.39, 0.29) is 5.91 Å². The van der Waals surface area contributed by atoms with E-state index in [0.717, 1.165) is 17.0 Å². The van der Waals surface area contributed by atoms with Crippen LogP contribution in [0.15, 0.2) is 48.5 Å². The third-order valence-corrected chi connectivity index (χ3v) is 3.88. The van der Waals surface area contributed by atoms with E-state index in [9.17, 15) is 4.79 Å². The Morgan fingerprint density at radius 1 is 1.00 bits per heavy atom. The molecular weight excluding hydrogens is 288 g/mol. The van der Waals surface area contributed by atoms with Crippen LogP contribution in [-0.4, -0.2) is 27.1 Å². The molecule has 1 amide bonds. The van der Waals surface area contributed by atoms with Crippen LogP contribution in [0.5, 0.6) is 5.75 Å². The van der Waals surface area contributed by atoms with E-state index >= 15 is 0 Å². The number of nitrogens with zero attached hydrogens (tertiary/aromatic N) is 1. The SMILES string of the molecule is COc1ccc(C(C)(C)NC(=O)c2ccc(N(C)C)cc2)cc1. The molecule has 0 unspecified atom stereocenters. The van der Waals surface area contributed by atoms with Crippen LogP contribution in [0.1, 0.15) is 29.8 Å². The molecule has 0 heterocycles. The molecule has 2 aromatic rings. The minimum atomic E-state index is -0.469. The van der Waals surface area contributed by atoms with Gasteiger partial charge in [-0.3, -0.25) is 4.79 Å². The molecule has 23 heavy (non-hydrogen) atoms. The Morgan fingerprint density at radius 3 is 2.04 bits per heavy atom. The molecule has 0 bridgehead atoms. The van der Waals surface area contributed by atoms with E-state index in [1.807, 2.05) is 81.4 Å². The number of ether oxygens (including phenoxy) is 1. The molecule has 4 heteroatoms. The molecule has 0 saturated carbocycles. The normalized spacial score (nSPS) is 11.0. The van der Waals surface area contributed by atoms with E-state index < -0.39 is 5.54 Å². The summed E-state index contributed by atoms with van der Waals surface area (Å²) in [6.45, 7) is 3.97. The number of methoxy groups -OCH3 is 1. The van der Waals surface area contributed by atoms with Crippen molar-refractivity contribution < 1.29 is 9.53 Å². The fourth-order valence-corrected chi connectivity index (χ4v) is 2.35. The highest BCUT2D eigenvalue weighted by atomic mass is 16.5. The van der Waals surface area contributed by atoms with Crippen molar-refractivity contribution in [1.29, 1.82) is 0 Å². The molecule has 0 aliphatic carbocycles. The maximum atomic E-state index is 12.5. The maximum absolute atomic E-state index is 12.5. The van der Waals surface area contributed by atoms with Crippen LogP contribution in [0.4, 0.5) is 5.69 Å². The smallest absolute Gasteiger partial charge is 0.251 e. The summed E-state index contributed by atoms with van der Waals surface area (Å²) in [6, 6.07) is 15.3. The quantitative estimate of drug-likeness (QED) is 0.919. The number of hydrogen-bond donors (Lipinski definition) is 1. The molecule has 0 saturated heterocycles. The summed E-state index contributed by atoms with van der Waals surface area (Å²) in [6.07, 6.45) is 0. The van der Waals surface area contributed by atoms with E-state index in [4.69, 9.17) is 4.74 Å². The summed E-state index contributed by atoms with van der Waals surface area (Å²) in [7, 11) is 5.59. The zero-order valence-corrected chi connectivity index (χ0v) is 14.4. The van der Waals surface area contributed by atoms with Gasteiger partial charge in [-0.15, -0.1) is 0 Å². The molecule has 0 fully saturated rings. The molecule has 4 nitrogen and oxygen atoms in total. The number of benzene rings is 2. The van der Waals surface area contributed by atoms with Crippen LogP contribution in [-0.2, 0) is 5.54 Å². The van der Waals surface area contributed by atoms with Gasteiger partial charge < -0.3 is 15.0 Å². The van der Waals surface area contributed by atoms with Crippen molar-refractivity contribution >= 4 is 11.6 Å². The Bertz CT molecular complexity index is 659. The second-order valence-corrected chi connectivity index (χ2v) is 6.25. The van der Waals surface area contributed by atoms with Crippen LogP contribution in [0.2, 0.25) is 0 Å². The first-order valence-corrected chi connectivity index (χ1v) is 7.58. The third kappa shape index (κ3) is 4.03. The first-order valence-electron chi connectivity index (χ1n) is 7.58. The monoisotopic (exact) mass is 312 g/mol. The van der Waals surface area contributed by atoms with Gasteiger partial charge in [-0.1, -0.05) is 12.1 Å². The molecule has 2 rings (SSSR count). The van der Waals surface area contributed by atoms with E-state index in [0.29, 0.717) is 5.56 Å². The number of hydrogen-bond acceptors (Lipinski definition) is 3. The van der Waals surface area contributed by atoms with Crippen molar-refractivity contribution in [3.63, 3.8) is 0 Å². The van der Waals surface area contributed by atoms with Gasteiger partial charge in [0.25, 0.3) is 5.91 Å². The van der Waals surface area contributed by atoms with Gasteiger partial charge in [0.1, 0.15) is 5.75 Å². The Balaban J connectivity index is 2.13. The highest BCUT2D eigenvalue weighted by molar-refractivity contribution is 5.95. The van der Waals surface area contributed by atoms with Crippen LogP contribution >= 0.6 is 0 Å². The first kappa shape index (κ1) is 16.9. The molecule has 0 aliphatic rings. The van der Waals surface area contributed by atoms with Crippen LogP contribution in [0.25, 0.3) is 0 Å². The molecule has 0 radical (unpaired) electrons. The van der Waals surface area contributed by atoms with Crippen LogP contribution in [0.3, 0.4) is 0 Å². The Hall–Kier alpha value is -2.49. The minimum absolute atomic E-state index is 0.0869. The molecule has 0 atom stereocenters. The summed E-state index contributed by atoms with van der Waals surface area (Å²) in [5.74, 6) is 0.714. The second-order valence-electron chi connectivity index (χ2n) is 6.25. The average molecular weight is 312 g/mol. The zero-order chi connectivity index (χ0) is 17.0. The molecular formula is C19H24N2O2. The van der Waals surface area contributed by atoms with E-state index in [2.05, 4.69) is 5.32 Å². The lowest BCUT2D eigenvalue weighted by Crippen LogP contribution is -2.40.